The highest BCUT2D eigenvalue weighted by Gasteiger charge is 2.27. The number of nitrogens with zero attached hydrogens (tertiary/aromatic N) is 4. The molecule has 4 aromatic rings. The molecule has 1 aromatic carbocycles. The Bertz CT molecular complexity index is 1270. The van der Waals surface area contributed by atoms with Crippen LogP contribution >= 0.6 is 0 Å². The first-order valence-corrected chi connectivity index (χ1v) is 8.44. The molecule has 0 radical (unpaired) electrons. The van der Waals surface area contributed by atoms with E-state index >= 15 is 0 Å². The summed E-state index contributed by atoms with van der Waals surface area (Å²) in [5.74, 6) is -0.287. The van der Waals surface area contributed by atoms with E-state index in [1.54, 1.807) is 34.5 Å². The van der Waals surface area contributed by atoms with Crippen LogP contribution in [-0.4, -0.2) is 30.1 Å². The average Bonchev–Trinajstić information content (AvgIpc) is 3.11. The van der Waals surface area contributed by atoms with Gasteiger partial charge >= 0.3 is 0 Å². The van der Waals surface area contributed by atoms with Gasteiger partial charge in [-0.2, -0.15) is 0 Å². The summed E-state index contributed by atoms with van der Waals surface area (Å²) in [5, 5.41) is 10.8. The zero-order valence-corrected chi connectivity index (χ0v) is 15.5. The normalized spacial score (nSPS) is 11.6. The number of imidazole rings is 1. The van der Waals surface area contributed by atoms with E-state index in [0.29, 0.717) is 39.0 Å². The summed E-state index contributed by atoms with van der Waals surface area (Å²) in [6.45, 7) is 5.53. The van der Waals surface area contributed by atoms with Gasteiger partial charge in [-0.25, -0.2) is 9.97 Å². The molecule has 0 unspecified atom stereocenters. The van der Waals surface area contributed by atoms with Crippen molar-refractivity contribution in [2.45, 2.75) is 20.8 Å². The van der Waals surface area contributed by atoms with Crippen LogP contribution in [0.3, 0.4) is 0 Å². The second-order valence-electron chi connectivity index (χ2n) is 6.78. The Hall–Kier alpha value is -3.55. The molecule has 4 rings (SSSR count). The highest BCUT2D eigenvalue weighted by molar-refractivity contribution is 6.17. The number of aromatic hydroxyl groups is 1. The molecule has 1 amide bonds. The molecule has 5 N–H and O–H groups in total. The van der Waals surface area contributed by atoms with Crippen LogP contribution in [-0.2, 0) is 7.05 Å². The minimum atomic E-state index is -0.633. The molecule has 0 aliphatic heterocycles. The predicted octanol–water partition coefficient (Wildman–Crippen LogP) is 2.22. The maximum atomic E-state index is 12.2. The van der Waals surface area contributed by atoms with Crippen LogP contribution in [0.1, 0.15) is 27.2 Å². The van der Waals surface area contributed by atoms with Gasteiger partial charge in [-0.1, -0.05) is 6.07 Å². The summed E-state index contributed by atoms with van der Waals surface area (Å²) in [4.78, 5) is 21.3. The van der Waals surface area contributed by atoms with Gasteiger partial charge in [0.1, 0.15) is 17.1 Å². The van der Waals surface area contributed by atoms with Crippen molar-refractivity contribution in [3.63, 3.8) is 0 Å². The minimum Gasteiger partial charge on any atom is -0.508 e. The van der Waals surface area contributed by atoms with Crippen LogP contribution in [0.4, 0.5) is 5.82 Å². The molecule has 0 fully saturated rings. The Balaban J connectivity index is 2.34. The Labute approximate surface area is 155 Å². The highest BCUT2D eigenvalue weighted by Crippen LogP contribution is 2.39. The van der Waals surface area contributed by atoms with E-state index < -0.39 is 5.91 Å². The van der Waals surface area contributed by atoms with Crippen molar-refractivity contribution in [3.05, 3.63) is 40.8 Å². The summed E-state index contributed by atoms with van der Waals surface area (Å²) in [5.41, 5.74) is 17.1. The fraction of sp³-hybridized carbons (Fsp3) is 0.211. The van der Waals surface area contributed by atoms with Gasteiger partial charge in [-0.05, 0) is 32.4 Å². The molecule has 0 saturated heterocycles. The molecule has 0 atom stereocenters. The van der Waals surface area contributed by atoms with Crippen molar-refractivity contribution in [1.82, 2.24) is 19.1 Å². The quantitative estimate of drug-likeness (QED) is 0.503. The second-order valence-corrected chi connectivity index (χ2v) is 6.78. The summed E-state index contributed by atoms with van der Waals surface area (Å²) in [6.07, 6.45) is 1.66. The number of carbonyl (C=O) groups is 1. The second kappa shape index (κ2) is 5.47. The SMILES string of the molecule is Cc1ccc(O)c(C)c1-n1c(N)c(C(N)=O)c2c(C)nc3c(ncn3C)c21. The number of fused-ring (bicyclic) bond motifs is 3. The van der Waals surface area contributed by atoms with Crippen LogP contribution in [0.25, 0.3) is 27.8 Å². The molecule has 0 aliphatic carbocycles. The fourth-order valence-corrected chi connectivity index (χ4v) is 3.76. The first-order valence-electron chi connectivity index (χ1n) is 8.44. The molecule has 138 valence electrons. The number of phenols is 1. The Morgan fingerprint density at radius 1 is 1.22 bits per heavy atom. The third-order valence-corrected chi connectivity index (χ3v) is 5.05. The van der Waals surface area contributed by atoms with Crippen LogP contribution < -0.4 is 11.5 Å². The van der Waals surface area contributed by atoms with Crippen LogP contribution in [0.15, 0.2) is 18.5 Å². The van der Waals surface area contributed by atoms with Gasteiger partial charge in [0.15, 0.2) is 5.65 Å². The van der Waals surface area contributed by atoms with Gasteiger partial charge in [-0.3, -0.25) is 9.36 Å². The summed E-state index contributed by atoms with van der Waals surface area (Å²) < 4.78 is 3.56. The lowest BCUT2D eigenvalue weighted by atomic mass is 10.1. The lowest BCUT2D eigenvalue weighted by Gasteiger charge is -2.16. The van der Waals surface area contributed by atoms with Crippen molar-refractivity contribution in [2.75, 3.05) is 5.73 Å². The topological polar surface area (TPSA) is 125 Å². The zero-order valence-electron chi connectivity index (χ0n) is 15.5. The largest absolute Gasteiger partial charge is 0.508 e. The predicted molar refractivity (Wildman–Crippen MR) is 104 cm³/mol. The van der Waals surface area contributed by atoms with Crippen LogP contribution in [0.5, 0.6) is 5.75 Å². The van der Waals surface area contributed by atoms with E-state index in [4.69, 9.17) is 11.5 Å². The highest BCUT2D eigenvalue weighted by atomic mass is 16.3. The van der Waals surface area contributed by atoms with E-state index in [1.807, 2.05) is 20.9 Å². The Morgan fingerprint density at radius 3 is 2.59 bits per heavy atom. The Kier molecular flexibility index (Phi) is 3.42. The number of amides is 1. The molecule has 8 heteroatoms. The summed E-state index contributed by atoms with van der Waals surface area (Å²) in [6, 6.07) is 3.44. The number of benzene rings is 1. The van der Waals surface area contributed by atoms with E-state index in [2.05, 4.69) is 9.97 Å². The van der Waals surface area contributed by atoms with E-state index in [0.717, 1.165) is 5.56 Å². The average molecular weight is 364 g/mol. The van der Waals surface area contributed by atoms with Crippen molar-refractivity contribution in [1.29, 1.82) is 0 Å². The van der Waals surface area contributed by atoms with Crippen molar-refractivity contribution in [2.24, 2.45) is 12.8 Å². The molecule has 27 heavy (non-hydrogen) atoms. The number of anilines is 1. The molecule has 8 nitrogen and oxygen atoms in total. The number of hydrogen-bond acceptors (Lipinski definition) is 5. The van der Waals surface area contributed by atoms with Crippen LogP contribution in [0, 0.1) is 20.8 Å². The monoisotopic (exact) mass is 364 g/mol. The molecule has 0 bridgehead atoms. The lowest BCUT2D eigenvalue weighted by Crippen LogP contribution is -2.14. The number of pyridine rings is 1. The zero-order chi connectivity index (χ0) is 19.6. The number of nitrogen functional groups attached to an aromatic ring is 1. The van der Waals surface area contributed by atoms with Gasteiger partial charge in [0.25, 0.3) is 5.91 Å². The van der Waals surface area contributed by atoms with E-state index in [9.17, 15) is 9.90 Å². The summed E-state index contributed by atoms with van der Waals surface area (Å²) in [7, 11) is 1.85. The molecule has 0 spiro atoms. The first-order chi connectivity index (χ1) is 12.7. The number of aromatic nitrogens is 4. The van der Waals surface area contributed by atoms with Gasteiger partial charge < -0.3 is 21.1 Å². The molecule has 3 heterocycles. The summed E-state index contributed by atoms with van der Waals surface area (Å²) >= 11 is 0. The maximum absolute atomic E-state index is 12.2. The number of carbonyl (C=O) groups excluding carboxylic acids is 1. The smallest absolute Gasteiger partial charge is 0.253 e. The number of phenolic OH excluding ortho intramolecular Hbond substituents is 1. The van der Waals surface area contributed by atoms with Gasteiger partial charge in [0.2, 0.25) is 0 Å². The van der Waals surface area contributed by atoms with Gasteiger partial charge in [-0.15, -0.1) is 0 Å². The number of hydrogen-bond donors (Lipinski definition) is 3. The third-order valence-electron chi connectivity index (χ3n) is 5.05. The standard InChI is InChI=1S/C19H20N6O2/c1-8-5-6-11(26)9(2)15(8)25-16-12(13(17(25)20)18(21)27)10(3)23-19-14(16)22-7-24(19)4/h5-7,26H,20H2,1-4H3,(H2,21,27). The van der Waals surface area contributed by atoms with Crippen molar-refractivity contribution in [3.8, 4) is 11.4 Å². The van der Waals surface area contributed by atoms with E-state index in [1.165, 1.54) is 0 Å². The number of rotatable bonds is 2. The Morgan fingerprint density at radius 2 is 1.93 bits per heavy atom. The van der Waals surface area contributed by atoms with Crippen LogP contribution in [0.2, 0.25) is 0 Å². The molecule has 0 aliphatic rings. The molecular weight excluding hydrogens is 344 g/mol. The molecule has 3 aromatic heterocycles. The number of nitrogens with two attached hydrogens (primary N) is 2. The van der Waals surface area contributed by atoms with Gasteiger partial charge in [0.05, 0.1) is 28.8 Å². The lowest BCUT2D eigenvalue weighted by molar-refractivity contribution is 0.100. The third kappa shape index (κ3) is 2.13. The van der Waals surface area contributed by atoms with Crippen molar-refractivity contribution < 1.29 is 9.90 Å². The van der Waals surface area contributed by atoms with Gasteiger partial charge in [0, 0.05) is 18.0 Å². The maximum Gasteiger partial charge on any atom is 0.253 e. The first kappa shape index (κ1) is 16.9. The number of aryl methyl sites for hydroxylation is 3. The minimum absolute atomic E-state index is 0.139. The van der Waals surface area contributed by atoms with E-state index in [-0.39, 0.29) is 17.1 Å². The fourth-order valence-electron chi connectivity index (χ4n) is 3.76. The molecular formula is C19H20N6O2. The molecule has 0 saturated carbocycles. The number of primary amides is 1. The van der Waals surface area contributed by atoms with Crippen molar-refractivity contribution >= 4 is 33.8 Å².